The van der Waals surface area contributed by atoms with Crippen molar-refractivity contribution >= 4 is 11.9 Å². The van der Waals surface area contributed by atoms with E-state index in [1.165, 1.54) is 0 Å². The maximum absolute atomic E-state index is 11.9. The Morgan fingerprint density at radius 1 is 1.22 bits per heavy atom. The van der Waals surface area contributed by atoms with Crippen molar-refractivity contribution in [1.29, 1.82) is 0 Å². The summed E-state index contributed by atoms with van der Waals surface area (Å²) in [6.45, 7) is 8.92. The van der Waals surface area contributed by atoms with Gasteiger partial charge in [-0.2, -0.15) is 0 Å². The zero-order chi connectivity index (χ0) is 14.1. The van der Waals surface area contributed by atoms with E-state index in [1.54, 1.807) is 34.6 Å². The number of esters is 1. The quantitative estimate of drug-likeness (QED) is 0.809. The molecule has 18 heavy (non-hydrogen) atoms. The van der Waals surface area contributed by atoms with E-state index >= 15 is 0 Å². The Kier molecular flexibility index (Phi) is 3.84. The largest absolute Gasteiger partial charge is 0.481 e. The van der Waals surface area contributed by atoms with E-state index in [1.807, 2.05) is 0 Å². The van der Waals surface area contributed by atoms with Crippen LogP contribution in [0.25, 0.3) is 0 Å². The normalized spacial score (nSPS) is 11.4. The molecular weight excluding hydrogens is 234 g/mol. The van der Waals surface area contributed by atoms with Crippen LogP contribution in [0, 0.1) is 13.8 Å². The zero-order valence-electron chi connectivity index (χ0n) is 11.4. The molecule has 0 unspecified atom stereocenters. The Morgan fingerprint density at radius 3 is 2.22 bits per heavy atom. The molecule has 0 aliphatic rings. The topological polar surface area (TPSA) is 79.4 Å². The number of nitrogens with one attached hydrogen (secondary N) is 1. The van der Waals surface area contributed by atoms with Crippen LogP contribution in [0.2, 0.25) is 0 Å². The Balaban J connectivity index is 3.04. The SMILES string of the molecule is Cc1c(CC(=O)O)[nH]c(C(=O)OC(C)(C)C)c1C. The number of rotatable bonds is 3. The third-order valence-electron chi connectivity index (χ3n) is 2.60. The van der Waals surface area contributed by atoms with Gasteiger partial charge in [-0.25, -0.2) is 4.79 Å². The predicted octanol–water partition coefficient (Wildman–Crippen LogP) is 2.21. The van der Waals surface area contributed by atoms with Crippen LogP contribution < -0.4 is 0 Å². The molecule has 1 rings (SSSR count). The fourth-order valence-electron chi connectivity index (χ4n) is 1.61. The van der Waals surface area contributed by atoms with Crippen molar-refractivity contribution in [2.75, 3.05) is 0 Å². The molecule has 1 heterocycles. The van der Waals surface area contributed by atoms with E-state index in [0.29, 0.717) is 11.4 Å². The first-order valence-electron chi connectivity index (χ1n) is 5.75. The Morgan fingerprint density at radius 2 is 1.78 bits per heavy atom. The summed E-state index contributed by atoms with van der Waals surface area (Å²) in [5.41, 5.74) is 1.83. The minimum atomic E-state index is -0.935. The number of aliphatic carboxylic acids is 1. The Hall–Kier alpha value is -1.78. The fraction of sp³-hybridized carbons (Fsp3) is 0.538. The van der Waals surface area contributed by atoms with Crippen LogP contribution >= 0.6 is 0 Å². The predicted molar refractivity (Wildman–Crippen MR) is 66.8 cm³/mol. The summed E-state index contributed by atoms with van der Waals surface area (Å²) >= 11 is 0. The first kappa shape index (κ1) is 14.3. The Labute approximate surface area is 106 Å². The smallest absolute Gasteiger partial charge is 0.355 e. The van der Waals surface area contributed by atoms with Gasteiger partial charge >= 0.3 is 11.9 Å². The average Bonchev–Trinajstić information content (AvgIpc) is 2.43. The molecule has 0 spiro atoms. The van der Waals surface area contributed by atoms with Crippen molar-refractivity contribution in [2.24, 2.45) is 0 Å². The van der Waals surface area contributed by atoms with Crippen molar-refractivity contribution in [3.05, 3.63) is 22.5 Å². The second-order valence-corrected chi connectivity index (χ2v) is 5.30. The lowest BCUT2D eigenvalue weighted by Crippen LogP contribution is -2.24. The van der Waals surface area contributed by atoms with Gasteiger partial charge in [0.25, 0.3) is 0 Å². The van der Waals surface area contributed by atoms with Crippen LogP contribution in [-0.4, -0.2) is 27.6 Å². The van der Waals surface area contributed by atoms with E-state index in [4.69, 9.17) is 9.84 Å². The van der Waals surface area contributed by atoms with Gasteiger partial charge in [0.2, 0.25) is 0 Å². The number of ether oxygens (including phenoxy) is 1. The van der Waals surface area contributed by atoms with Crippen LogP contribution in [0.3, 0.4) is 0 Å². The number of aromatic amines is 1. The number of carbonyl (C=O) groups is 2. The minimum Gasteiger partial charge on any atom is -0.481 e. The molecule has 5 heteroatoms. The van der Waals surface area contributed by atoms with Crippen LogP contribution in [0.4, 0.5) is 0 Å². The molecule has 2 N–H and O–H groups in total. The van der Waals surface area contributed by atoms with Gasteiger partial charge in [-0.1, -0.05) is 0 Å². The molecule has 0 bridgehead atoms. The van der Waals surface area contributed by atoms with Gasteiger partial charge in [0.1, 0.15) is 11.3 Å². The van der Waals surface area contributed by atoms with E-state index < -0.39 is 17.5 Å². The molecule has 0 radical (unpaired) electrons. The summed E-state index contributed by atoms with van der Waals surface area (Å²) in [6, 6.07) is 0. The van der Waals surface area contributed by atoms with Gasteiger partial charge in [0, 0.05) is 5.69 Å². The van der Waals surface area contributed by atoms with Crippen molar-refractivity contribution in [2.45, 2.75) is 46.6 Å². The zero-order valence-corrected chi connectivity index (χ0v) is 11.4. The molecule has 0 aliphatic carbocycles. The molecule has 1 aromatic rings. The van der Waals surface area contributed by atoms with Crippen molar-refractivity contribution in [1.82, 2.24) is 4.98 Å². The lowest BCUT2D eigenvalue weighted by Gasteiger charge is -2.19. The monoisotopic (exact) mass is 253 g/mol. The lowest BCUT2D eigenvalue weighted by molar-refractivity contribution is -0.136. The highest BCUT2D eigenvalue weighted by Gasteiger charge is 2.23. The number of carboxylic acid groups (broad SMARTS) is 1. The molecule has 0 amide bonds. The van der Waals surface area contributed by atoms with Crippen molar-refractivity contribution in [3.63, 3.8) is 0 Å². The molecule has 0 saturated carbocycles. The van der Waals surface area contributed by atoms with Gasteiger partial charge < -0.3 is 14.8 Å². The number of hydrogen-bond acceptors (Lipinski definition) is 3. The minimum absolute atomic E-state index is 0.129. The highest BCUT2D eigenvalue weighted by Crippen LogP contribution is 2.20. The summed E-state index contributed by atoms with van der Waals surface area (Å²) in [5.74, 6) is -1.39. The highest BCUT2D eigenvalue weighted by atomic mass is 16.6. The standard InChI is InChI=1S/C13H19NO4/c1-7-8(2)11(12(17)18-13(3,4)5)14-9(7)6-10(15)16/h14H,6H2,1-5H3,(H,15,16). The molecule has 0 aromatic carbocycles. The van der Waals surface area contributed by atoms with Gasteiger partial charge in [-0.3, -0.25) is 4.79 Å². The number of H-pyrrole nitrogens is 1. The van der Waals surface area contributed by atoms with E-state index in [-0.39, 0.29) is 6.42 Å². The van der Waals surface area contributed by atoms with Gasteiger partial charge in [-0.05, 0) is 45.7 Å². The van der Waals surface area contributed by atoms with E-state index in [9.17, 15) is 9.59 Å². The van der Waals surface area contributed by atoms with E-state index in [0.717, 1.165) is 11.1 Å². The van der Waals surface area contributed by atoms with Crippen LogP contribution in [0.1, 0.15) is 48.1 Å². The lowest BCUT2D eigenvalue weighted by atomic mass is 10.1. The summed E-state index contributed by atoms with van der Waals surface area (Å²) in [5, 5.41) is 8.78. The first-order chi connectivity index (χ1) is 8.11. The van der Waals surface area contributed by atoms with Gasteiger partial charge in [0.05, 0.1) is 6.42 Å². The van der Waals surface area contributed by atoms with E-state index in [2.05, 4.69) is 4.98 Å². The van der Waals surface area contributed by atoms with Crippen molar-refractivity contribution in [3.8, 4) is 0 Å². The molecule has 0 atom stereocenters. The van der Waals surface area contributed by atoms with Gasteiger partial charge in [0.15, 0.2) is 0 Å². The summed E-state index contributed by atoms with van der Waals surface area (Å²) in [4.78, 5) is 25.5. The second-order valence-electron chi connectivity index (χ2n) is 5.30. The van der Waals surface area contributed by atoms with Crippen LogP contribution in [0.5, 0.6) is 0 Å². The molecule has 1 aromatic heterocycles. The molecule has 0 aliphatic heterocycles. The van der Waals surface area contributed by atoms with Crippen molar-refractivity contribution < 1.29 is 19.4 Å². The maximum Gasteiger partial charge on any atom is 0.355 e. The first-order valence-corrected chi connectivity index (χ1v) is 5.75. The van der Waals surface area contributed by atoms with Crippen LogP contribution in [-0.2, 0) is 16.0 Å². The molecule has 0 saturated heterocycles. The second kappa shape index (κ2) is 4.84. The number of carboxylic acids is 1. The number of carbonyl (C=O) groups excluding carboxylic acids is 1. The average molecular weight is 253 g/mol. The Bertz CT molecular complexity index is 480. The number of aromatic nitrogens is 1. The third-order valence-corrected chi connectivity index (χ3v) is 2.60. The highest BCUT2D eigenvalue weighted by molar-refractivity contribution is 5.90. The van der Waals surface area contributed by atoms with Crippen LogP contribution in [0.15, 0.2) is 0 Å². The molecule has 5 nitrogen and oxygen atoms in total. The fourth-order valence-corrected chi connectivity index (χ4v) is 1.61. The maximum atomic E-state index is 11.9. The third kappa shape index (κ3) is 3.35. The number of hydrogen-bond donors (Lipinski definition) is 2. The molecule has 100 valence electrons. The summed E-state index contributed by atoms with van der Waals surface area (Å²) < 4.78 is 5.26. The van der Waals surface area contributed by atoms with Gasteiger partial charge in [-0.15, -0.1) is 0 Å². The molecular formula is C13H19NO4. The summed E-state index contributed by atoms with van der Waals surface area (Å²) in [6.07, 6.45) is -0.129. The summed E-state index contributed by atoms with van der Waals surface area (Å²) in [7, 11) is 0. The molecule has 0 fully saturated rings.